The Labute approximate surface area is 236 Å². The van der Waals surface area contributed by atoms with E-state index in [1.165, 1.54) is 10.5 Å². The molecule has 0 atom stereocenters. The van der Waals surface area contributed by atoms with E-state index < -0.39 is 0 Å². The van der Waals surface area contributed by atoms with Gasteiger partial charge in [0.15, 0.2) is 11.5 Å². The predicted molar refractivity (Wildman–Crippen MR) is 151 cm³/mol. The molecule has 1 aliphatic rings. The van der Waals surface area contributed by atoms with Crippen LogP contribution in [-0.4, -0.2) is 64.6 Å². The SMILES string of the molecule is CCOC(=O)C1CCN(C(=O)c2cc3c(=O)n4ccccc4nc3n(CCc3ccc(OC)c(OC)c3)c2=N)CC1. The number of aryl methyl sites for hydroxylation is 2. The summed E-state index contributed by atoms with van der Waals surface area (Å²) in [6.07, 6.45) is 3.10. The number of hydrogen-bond donors (Lipinski definition) is 1. The average Bonchev–Trinajstić information content (AvgIpc) is 3.00. The van der Waals surface area contributed by atoms with E-state index in [4.69, 9.17) is 24.6 Å². The highest BCUT2D eigenvalue weighted by molar-refractivity contribution is 5.97. The van der Waals surface area contributed by atoms with Crippen molar-refractivity contribution in [3.63, 3.8) is 0 Å². The van der Waals surface area contributed by atoms with Crippen molar-refractivity contribution < 1.29 is 23.8 Å². The van der Waals surface area contributed by atoms with E-state index >= 15 is 0 Å². The maximum atomic E-state index is 13.7. The van der Waals surface area contributed by atoms with Crippen LogP contribution in [0.1, 0.15) is 35.7 Å². The molecule has 4 aromatic rings. The third kappa shape index (κ3) is 5.39. The van der Waals surface area contributed by atoms with E-state index in [0.717, 1.165) is 5.56 Å². The fourth-order valence-electron chi connectivity index (χ4n) is 5.29. The van der Waals surface area contributed by atoms with Gasteiger partial charge in [0, 0.05) is 25.8 Å². The van der Waals surface area contributed by atoms with E-state index in [0.29, 0.717) is 68.3 Å². The van der Waals surface area contributed by atoms with Crippen molar-refractivity contribution in [2.75, 3.05) is 33.9 Å². The number of esters is 1. The van der Waals surface area contributed by atoms with Gasteiger partial charge in [0.05, 0.1) is 37.7 Å². The molecular formula is C30H33N5O6. The highest BCUT2D eigenvalue weighted by atomic mass is 16.5. The van der Waals surface area contributed by atoms with Crippen molar-refractivity contribution in [2.45, 2.75) is 32.7 Å². The molecule has 1 amide bonds. The molecule has 0 radical (unpaired) electrons. The number of methoxy groups -OCH3 is 2. The third-order valence-electron chi connectivity index (χ3n) is 7.52. The maximum absolute atomic E-state index is 13.7. The van der Waals surface area contributed by atoms with Gasteiger partial charge in [0.2, 0.25) is 0 Å². The Bertz CT molecular complexity index is 1740. The first kappa shape index (κ1) is 27.9. The molecule has 0 bridgehead atoms. The first-order valence-corrected chi connectivity index (χ1v) is 13.6. The summed E-state index contributed by atoms with van der Waals surface area (Å²) in [5, 5.41) is 9.33. The topological polar surface area (TPSA) is 128 Å². The number of pyridine rings is 2. The van der Waals surface area contributed by atoms with Gasteiger partial charge in [-0.15, -0.1) is 0 Å². The van der Waals surface area contributed by atoms with Crippen LogP contribution >= 0.6 is 0 Å². The van der Waals surface area contributed by atoms with Crippen molar-refractivity contribution in [1.29, 1.82) is 5.41 Å². The standard InChI is InChI=1S/C30H33N5O6/c1-4-41-30(38)20-11-14-33(15-12-20)28(36)21-18-22-27(32-25-7-5-6-13-34(25)29(22)37)35(26(21)31)16-10-19-8-9-23(39-2)24(17-19)40-3/h5-9,13,17-18,20,31H,4,10-12,14-16H2,1-3H3. The van der Waals surface area contributed by atoms with Gasteiger partial charge in [0.1, 0.15) is 16.8 Å². The number of likely N-dealkylation sites (tertiary alicyclic amines) is 1. The van der Waals surface area contributed by atoms with Crippen LogP contribution in [0.2, 0.25) is 0 Å². The summed E-state index contributed by atoms with van der Waals surface area (Å²) in [7, 11) is 3.14. The van der Waals surface area contributed by atoms with Gasteiger partial charge in [-0.25, -0.2) is 4.98 Å². The van der Waals surface area contributed by atoms with Gasteiger partial charge in [-0.3, -0.25) is 24.2 Å². The summed E-state index contributed by atoms with van der Waals surface area (Å²) in [5.74, 6) is 0.347. The Morgan fingerprint density at radius 1 is 1.05 bits per heavy atom. The minimum atomic E-state index is -0.350. The Kier molecular flexibility index (Phi) is 8.04. The molecule has 214 valence electrons. The van der Waals surface area contributed by atoms with E-state index in [-0.39, 0.29) is 39.8 Å². The number of nitrogens with zero attached hydrogens (tertiary/aromatic N) is 4. The number of fused-ring (bicyclic) bond motifs is 2. The van der Waals surface area contributed by atoms with Crippen LogP contribution < -0.4 is 20.5 Å². The summed E-state index contributed by atoms with van der Waals surface area (Å²) in [6.45, 7) is 3.11. The molecule has 1 aromatic carbocycles. The van der Waals surface area contributed by atoms with Crippen LogP contribution in [0.5, 0.6) is 11.5 Å². The molecule has 11 heteroatoms. The molecule has 41 heavy (non-hydrogen) atoms. The molecule has 3 aromatic heterocycles. The lowest BCUT2D eigenvalue weighted by Gasteiger charge is -2.31. The number of amides is 1. The van der Waals surface area contributed by atoms with Gasteiger partial charge in [-0.05, 0) is 62.1 Å². The van der Waals surface area contributed by atoms with Crippen LogP contribution in [0, 0.1) is 11.3 Å². The second kappa shape index (κ2) is 11.8. The Hall–Kier alpha value is -4.67. The fourth-order valence-corrected chi connectivity index (χ4v) is 5.29. The van der Waals surface area contributed by atoms with Crippen LogP contribution in [0.4, 0.5) is 0 Å². The Balaban J connectivity index is 1.54. The van der Waals surface area contributed by atoms with Crippen molar-refractivity contribution in [2.24, 2.45) is 5.92 Å². The zero-order valence-corrected chi connectivity index (χ0v) is 23.4. The lowest BCUT2D eigenvalue weighted by molar-refractivity contribution is -0.149. The fraction of sp³-hybridized carbons (Fsp3) is 0.367. The molecule has 1 fully saturated rings. The molecule has 4 heterocycles. The first-order valence-electron chi connectivity index (χ1n) is 13.6. The maximum Gasteiger partial charge on any atom is 0.309 e. The molecule has 1 saturated heterocycles. The van der Waals surface area contributed by atoms with E-state index in [2.05, 4.69) is 0 Å². The summed E-state index contributed by atoms with van der Waals surface area (Å²) in [4.78, 5) is 45.8. The molecule has 0 unspecified atom stereocenters. The lowest BCUT2D eigenvalue weighted by atomic mass is 9.96. The third-order valence-corrected chi connectivity index (χ3v) is 7.52. The minimum Gasteiger partial charge on any atom is -0.493 e. The lowest BCUT2D eigenvalue weighted by Crippen LogP contribution is -2.43. The number of piperidine rings is 1. The van der Waals surface area contributed by atoms with Crippen molar-refractivity contribution in [1.82, 2.24) is 18.9 Å². The zero-order chi connectivity index (χ0) is 29.1. The second-order valence-corrected chi connectivity index (χ2v) is 9.90. The quantitative estimate of drug-likeness (QED) is 0.260. The van der Waals surface area contributed by atoms with Crippen LogP contribution in [-0.2, 0) is 22.5 Å². The Morgan fingerprint density at radius 2 is 1.80 bits per heavy atom. The van der Waals surface area contributed by atoms with Gasteiger partial charge >= 0.3 is 5.97 Å². The molecule has 1 N–H and O–H groups in total. The summed E-state index contributed by atoms with van der Waals surface area (Å²) >= 11 is 0. The highest BCUT2D eigenvalue weighted by Crippen LogP contribution is 2.28. The highest BCUT2D eigenvalue weighted by Gasteiger charge is 2.30. The van der Waals surface area contributed by atoms with Gasteiger partial charge in [0.25, 0.3) is 11.5 Å². The number of benzene rings is 1. The number of hydrogen-bond acceptors (Lipinski definition) is 8. The molecule has 0 aliphatic carbocycles. The molecule has 5 rings (SSSR count). The molecule has 1 aliphatic heterocycles. The number of carbonyl (C=O) groups is 2. The van der Waals surface area contributed by atoms with Crippen LogP contribution in [0.15, 0.2) is 53.5 Å². The minimum absolute atomic E-state index is 0.0253. The number of nitrogens with one attached hydrogen (secondary N) is 1. The summed E-state index contributed by atoms with van der Waals surface area (Å²) in [6, 6.07) is 12.3. The van der Waals surface area contributed by atoms with E-state index in [1.54, 1.807) is 55.0 Å². The average molecular weight is 560 g/mol. The predicted octanol–water partition coefficient (Wildman–Crippen LogP) is 2.80. The van der Waals surface area contributed by atoms with Crippen molar-refractivity contribution >= 4 is 28.6 Å². The van der Waals surface area contributed by atoms with Crippen molar-refractivity contribution in [3.8, 4) is 11.5 Å². The number of carbonyl (C=O) groups excluding carboxylic acids is 2. The van der Waals surface area contributed by atoms with Crippen LogP contribution in [0.3, 0.4) is 0 Å². The molecule has 11 nitrogen and oxygen atoms in total. The van der Waals surface area contributed by atoms with E-state index in [9.17, 15) is 14.4 Å². The first-order chi connectivity index (χ1) is 19.9. The van der Waals surface area contributed by atoms with Gasteiger partial charge in [-0.1, -0.05) is 12.1 Å². The molecular weight excluding hydrogens is 526 g/mol. The van der Waals surface area contributed by atoms with Crippen LogP contribution in [0.25, 0.3) is 16.7 Å². The Morgan fingerprint density at radius 3 is 2.51 bits per heavy atom. The molecule has 0 saturated carbocycles. The number of rotatable bonds is 8. The van der Waals surface area contributed by atoms with E-state index in [1.807, 2.05) is 18.2 Å². The second-order valence-electron chi connectivity index (χ2n) is 9.90. The normalized spacial score (nSPS) is 13.9. The largest absolute Gasteiger partial charge is 0.493 e. The van der Waals surface area contributed by atoms with Gasteiger partial charge in [-0.2, -0.15) is 0 Å². The molecule has 0 spiro atoms. The van der Waals surface area contributed by atoms with Gasteiger partial charge < -0.3 is 23.7 Å². The summed E-state index contributed by atoms with van der Waals surface area (Å²) < 4.78 is 19.0. The number of aromatic nitrogens is 3. The number of ether oxygens (including phenoxy) is 3. The van der Waals surface area contributed by atoms with Crippen molar-refractivity contribution in [3.05, 3.63) is 75.6 Å². The zero-order valence-electron chi connectivity index (χ0n) is 23.4. The monoisotopic (exact) mass is 559 g/mol. The summed E-state index contributed by atoms with van der Waals surface area (Å²) in [5.41, 5.74) is 1.49. The smallest absolute Gasteiger partial charge is 0.309 e.